The predicted molar refractivity (Wildman–Crippen MR) is 89.6 cm³/mol. The Morgan fingerprint density at radius 1 is 1.26 bits per heavy atom. The monoisotopic (exact) mass is 311 g/mol. The second kappa shape index (κ2) is 7.24. The quantitative estimate of drug-likeness (QED) is 0.940. The van der Waals surface area contributed by atoms with Crippen LogP contribution in [0.2, 0.25) is 0 Å². The van der Waals surface area contributed by atoms with E-state index in [0.717, 1.165) is 24.3 Å². The molecule has 2 aromatic rings. The summed E-state index contributed by atoms with van der Waals surface area (Å²) >= 11 is 0. The van der Waals surface area contributed by atoms with Crippen LogP contribution in [0, 0.1) is 6.92 Å². The Bertz CT molecular complexity index is 681. The average molecular weight is 311 g/mol. The van der Waals surface area contributed by atoms with Crippen molar-refractivity contribution >= 4 is 11.6 Å². The molecule has 2 heterocycles. The molecule has 0 spiro atoms. The van der Waals surface area contributed by atoms with Crippen molar-refractivity contribution in [2.75, 3.05) is 31.2 Å². The lowest BCUT2D eigenvalue weighted by atomic mass is 10.1. The summed E-state index contributed by atoms with van der Waals surface area (Å²) in [4.78, 5) is 18.8. The van der Waals surface area contributed by atoms with Gasteiger partial charge in [-0.05, 0) is 24.1 Å². The Kier molecular flexibility index (Phi) is 4.88. The molecule has 1 aliphatic heterocycles. The van der Waals surface area contributed by atoms with Gasteiger partial charge in [-0.1, -0.05) is 24.3 Å². The lowest BCUT2D eigenvalue weighted by Crippen LogP contribution is -2.36. The topological polar surface area (TPSA) is 54.5 Å². The van der Waals surface area contributed by atoms with Crippen molar-refractivity contribution in [3.05, 3.63) is 59.4 Å². The molecule has 0 atom stereocenters. The van der Waals surface area contributed by atoms with Crippen molar-refractivity contribution in [2.24, 2.45) is 0 Å². The van der Waals surface area contributed by atoms with E-state index in [9.17, 15) is 4.79 Å². The zero-order chi connectivity index (χ0) is 16.1. The number of morpholine rings is 1. The van der Waals surface area contributed by atoms with Crippen molar-refractivity contribution in [1.82, 2.24) is 10.3 Å². The third-order valence-corrected chi connectivity index (χ3v) is 4.06. The number of hydrogen-bond donors (Lipinski definition) is 1. The van der Waals surface area contributed by atoms with Crippen molar-refractivity contribution < 1.29 is 9.53 Å². The number of amides is 1. The summed E-state index contributed by atoms with van der Waals surface area (Å²) in [6, 6.07) is 9.94. The van der Waals surface area contributed by atoms with Crippen molar-refractivity contribution in [1.29, 1.82) is 0 Å². The number of benzene rings is 1. The second-order valence-corrected chi connectivity index (χ2v) is 5.64. The maximum atomic E-state index is 12.4. The number of nitrogens with zero attached hydrogens (tertiary/aromatic N) is 2. The first-order valence-electron chi connectivity index (χ1n) is 7.84. The molecule has 120 valence electrons. The summed E-state index contributed by atoms with van der Waals surface area (Å²) in [5.74, 6) is -0.101. The Morgan fingerprint density at radius 3 is 2.83 bits per heavy atom. The van der Waals surface area contributed by atoms with Gasteiger partial charge in [-0.25, -0.2) is 0 Å². The van der Waals surface area contributed by atoms with Crippen LogP contribution in [0.5, 0.6) is 0 Å². The summed E-state index contributed by atoms with van der Waals surface area (Å²) < 4.78 is 5.36. The Morgan fingerprint density at radius 2 is 2.04 bits per heavy atom. The van der Waals surface area contributed by atoms with E-state index < -0.39 is 0 Å². The molecule has 5 heteroatoms. The Hall–Kier alpha value is -2.40. The first-order chi connectivity index (χ1) is 11.2. The number of aryl methyl sites for hydroxylation is 1. The summed E-state index contributed by atoms with van der Waals surface area (Å²) in [6.07, 6.45) is 3.40. The molecule has 1 amide bonds. The molecule has 1 N–H and O–H groups in total. The van der Waals surface area contributed by atoms with Gasteiger partial charge in [0.25, 0.3) is 5.91 Å². The lowest BCUT2D eigenvalue weighted by Gasteiger charge is -2.28. The third kappa shape index (κ3) is 3.87. The largest absolute Gasteiger partial charge is 0.378 e. The fraction of sp³-hybridized carbons (Fsp3) is 0.333. The fourth-order valence-electron chi connectivity index (χ4n) is 2.63. The zero-order valence-corrected chi connectivity index (χ0v) is 13.3. The highest BCUT2D eigenvalue weighted by molar-refractivity contribution is 5.94. The Labute approximate surface area is 136 Å². The van der Waals surface area contributed by atoms with Gasteiger partial charge >= 0.3 is 0 Å². The molecule has 3 rings (SSSR count). The molecule has 1 saturated heterocycles. The highest BCUT2D eigenvalue weighted by atomic mass is 16.5. The standard InChI is InChI=1S/C18H21N3O2/c1-14-4-2-3-5-15(14)12-20-18(22)16-10-17(13-19-11-16)21-6-8-23-9-7-21/h2-5,10-11,13H,6-9,12H2,1H3,(H,20,22). The Balaban J connectivity index is 1.66. The summed E-state index contributed by atoms with van der Waals surface area (Å²) in [7, 11) is 0. The molecule has 1 aromatic carbocycles. The number of ether oxygens (including phenoxy) is 1. The maximum Gasteiger partial charge on any atom is 0.253 e. The van der Waals surface area contributed by atoms with Gasteiger partial charge in [0, 0.05) is 25.8 Å². The summed E-state index contributed by atoms with van der Waals surface area (Å²) in [5.41, 5.74) is 3.85. The number of carbonyl (C=O) groups excluding carboxylic acids is 1. The van der Waals surface area contributed by atoms with Crippen LogP contribution in [0.15, 0.2) is 42.7 Å². The first kappa shape index (κ1) is 15.5. The first-order valence-corrected chi connectivity index (χ1v) is 7.84. The molecular formula is C18H21N3O2. The van der Waals surface area contributed by atoms with E-state index in [1.54, 1.807) is 12.4 Å². The number of pyridine rings is 1. The van der Waals surface area contributed by atoms with Crippen molar-refractivity contribution in [3.63, 3.8) is 0 Å². The highest BCUT2D eigenvalue weighted by Crippen LogP contribution is 2.16. The molecule has 0 aliphatic carbocycles. The molecule has 1 fully saturated rings. The fourth-order valence-corrected chi connectivity index (χ4v) is 2.63. The van der Waals surface area contributed by atoms with E-state index in [1.807, 2.05) is 37.3 Å². The maximum absolute atomic E-state index is 12.4. The van der Waals surface area contributed by atoms with Gasteiger partial charge < -0.3 is 15.0 Å². The summed E-state index contributed by atoms with van der Waals surface area (Å²) in [5, 5.41) is 2.96. The SMILES string of the molecule is Cc1ccccc1CNC(=O)c1cncc(N2CCOCC2)c1. The molecule has 23 heavy (non-hydrogen) atoms. The van der Waals surface area contributed by atoms with Crippen LogP contribution in [0.4, 0.5) is 5.69 Å². The van der Waals surface area contributed by atoms with Gasteiger partial charge in [-0.2, -0.15) is 0 Å². The minimum Gasteiger partial charge on any atom is -0.378 e. The van der Waals surface area contributed by atoms with E-state index in [0.29, 0.717) is 25.3 Å². The van der Waals surface area contributed by atoms with Crippen molar-refractivity contribution in [2.45, 2.75) is 13.5 Å². The third-order valence-electron chi connectivity index (χ3n) is 4.06. The van der Waals surface area contributed by atoms with E-state index in [1.165, 1.54) is 5.56 Å². The minimum atomic E-state index is -0.101. The number of nitrogens with one attached hydrogen (secondary N) is 1. The molecule has 0 saturated carbocycles. The molecule has 0 bridgehead atoms. The molecule has 1 aromatic heterocycles. The van der Waals surface area contributed by atoms with Crippen LogP contribution >= 0.6 is 0 Å². The van der Waals surface area contributed by atoms with Gasteiger partial charge in [-0.3, -0.25) is 9.78 Å². The van der Waals surface area contributed by atoms with Gasteiger partial charge in [0.1, 0.15) is 0 Å². The van der Waals surface area contributed by atoms with E-state index in [4.69, 9.17) is 4.74 Å². The van der Waals surface area contributed by atoms with Gasteiger partial charge in [0.15, 0.2) is 0 Å². The number of anilines is 1. The lowest BCUT2D eigenvalue weighted by molar-refractivity contribution is 0.0950. The van der Waals surface area contributed by atoms with Gasteiger partial charge in [-0.15, -0.1) is 0 Å². The normalized spacial score (nSPS) is 14.6. The summed E-state index contributed by atoms with van der Waals surface area (Å²) in [6.45, 7) is 5.65. The van der Waals surface area contributed by atoms with Crippen LogP contribution < -0.4 is 10.2 Å². The number of rotatable bonds is 4. The van der Waals surface area contributed by atoms with Crippen LogP contribution in [-0.4, -0.2) is 37.2 Å². The van der Waals surface area contributed by atoms with Gasteiger partial charge in [0.2, 0.25) is 0 Å². The van der Waals surface area contributed by atoms with E-state index >= 15 is 0 Å². The second-order valence-electron chi connectivity index (χ2n) is 5.64. The van der Waals surface area contributed by atoms with Crippen LogP contribution in [-0.2, 0) is 11.3 Å². The van der Waals surface area contributed by atoms with Crippen LogP contribution in [0.25, 0.3) is 0 Å². The zero-order valence-electron chi connectivity index (χ0n) is 13.3. The van der Waals surface area contributed by atoms with Crippen LogP contribution in [0.1, 0.15) is 21.5 Å². The molecule has 5 nitrogen and oxygen atoms in total. The van der Waals surface area contributed by atoms with Gasteiger partial charge in [0.05, 0.1) is 30.7 Å². The molecule has 1 aliphatic rings. The predicted octanol–water partition coefficient (Wildman–Crippen LogP) is 2.16. The number of carbonyl (C=O) groups is 1. The van der Waals surface area contributed by atoms with E-state index in [2.05, 4.69) is 15.2 Å². The van der Waals surface area contributed by atoms with Crippen LogP contribution in [0.3, 0.4) is 0 Å². The molecular weight excluding hydrogens is 290 g/mol. The van der Waals surface area contributed by atoms with E-state index in [-0.39, 0.29) is 5.91 Å². The van der Waals surface area contributed by atoms with Crippen molar-refractivity contribution in [3.8, 4) is 0 Å². The molecule has 0 radical (unpaired) electrons. The average Bonchev–Trinajstić information content (AvgIpc) is 2.62. The number of aromatic nitrogens is 1. The minimum absolute atomic E-state index is 0.101. The highest BCUT2D eigenvalue weighted by Gasteiger charge is 2.14. The number of hydrogen-bond acceptors (Lipinski definition) is 4. The molecule has 0 unspecified atom stereocenters. The smallest absolute Gasteiger partial charge is 0.253 e.